The fraction of sp³-hybridized carbons (Fsp3) is 0.182. The zero-order valence-corrected chi connectivity index (χ0v) is 15.4. The second-order valence-electron chi connectivity index (χ2n) is 6.40. The highest BCUT2D eigenvalue weighted by Crippen LogP contribution is 2.29. The van der Waals surface area contributed by atoms with Crippen molar-refractivity contribution in [3.8, 4) is 5.75 Å². The summed E-state index contributed by atoms with van der Waals surface area (Å²) in [5.41, 5.74) is 3.78. The summed E-state index contributed by atoms with van der Waals surface area (Å²) in [6.07, 6.45) is 3.68. The molecule has 0 radical (unpaired) electrons. The molecule has 4 aromatic rings. The molecule has 2 aromatic heterocycles. The number of ether oxygens (including phenoxy) is 1. The van der Waals surface area contributed by atoms with Gasteiger partial charge in [-0.25, -0.2) is 0 Å². The lowest BCUT2D eigenvalue weighted by Crippen LogP contribution is -2.22. The molecule has 0 fully saturated rings. The van der Waals surface area contributed by atoms with Gasteiger partial charge in [-0.2, -0.15) is 0 Å². The number of aromatic nitrogens is 2. The minimum absolute atomic E-state index is 0.0919. The Morgan fingerprint density at radius 3 is 2.78 bits per heavy atom. The van der Waals surface area contributed by atoms with Crippen LogP contribution < -0.4 is 10.1 Å². The number of fused-ring (bicyclic) bond motifs is 3. The smallest absolute Gasteiger partial charge is 0.251 e. The Morgan fingerprint density at radius 2 is 1.96 bits per heavy atom. The van der Waals surface area contributed by atoms with E-state index in [2.05, 4.69) is 21.8 Å². The van der Waals surface area contributed by atoms with Crippen molar-refractivity contribution >= 4 is 27.7 Å². The largest absolute Gasteiger partial charge is 0.497 e. The van der Waals surface area contributed by atoms with Gasteiger partial charge >= 0.3 is 0 Å². The van der Waals surface area contributed by atoms with E-state index in [-0.39, 0.29) is 5.91 Å². The first-order valence-corrected chi connectivity index (χ1v) is 8.98. The molecule has 0 spiro atoms. The lowest BCUT2D eigenvalue weighted by Gasteiger charge is -2.08. The highest BCUT2D eigenvalue weighted by Gasteiger charge is 2.13. The predicted molar refractivity (Wildman–Crippen MR) is 107 cm³/mol. The SMILES string of the molecule is CCn1c2cnccc2c2ccc(C(=O)NCc3cccc(OC)c3)cc21. The number of hydrogen-bond donors (Lipinski definition) is 1. The summed E-state index contributed by atoms with van der Waals surface area (Å²) in [6, 6.07) is 15.6. The van der Waals surface area contributed by atoms with Crippen LogP contribution in [0.5, 0.6) is 5.75 Å². The number of benzene rings is 2. The van der Waals surface area contributed by atoms with Crippen LogP contribution in [0, 0.1) is 0 Å². The zero-order valence-electron chi connectivity index (χ0n) is 15.4. The maximum Gasteiger partial charge on any atom is 0.251 e. The number of nitrogens with zero attached hydrogens (tertiary/aromatic N) is 2. The number of nitrogens with one attached hydrogen (secondary N) is 1. The molecular weight excluding hydrogens is 338 g/mol. The number of aryl methyl sites for hydroxylation is 1. The molecule has 1 amide bonds. The van der Waals surface area contributed by atoms with Gasteiger partial charge in [0.2, 0.25) is 0 Å². The van der Waals surface area contributed by atoms with Gasteiger partial charge in [0, 0.05) is 41.1 Å². The number of carbonyl (C=O) groups excluding carboxylic acids is 1. The van der Waals surface area contributed by atoms with Gasteiger partial charge in [0.15, 0.2) is 0 Å². The van der Waals surface area contributed by atoms with Gasteiger partial charge in [-0.15, -0.1) is 0 Å². The normalized spacial score (nSPS) is 11.0. The summed E-state index contributed by atoms with van der Waals surface area (Å²) < 4.78 is 7.42. The van der Waals surface area contributed by atoms with Crippen molar-refractivity contribution < 1.29 is 9.53 Å². The second kappa shape index (κ2) is 7.11. The maximum absolute atomic E-state index is 12.7. The predicted octanol–water partition coefficient (Wildman–Crippen LogP) is 4.15. The van der Waals surface area contributed by atoms with Crippen LogP contribution in [0.3, 0.4) is 0 Å². The number of hydrogen-bond acceptors (Lipinski definition) is 3. The van der Waals surface area contributed by atoms with Crippen molar-refractivity contribution in [2.75, 3.05) is 7.11 Å². The first-order chi connectivity index (χ1) is 13.2. The topological polar surface area (TPSA) is 56.2 Å². The average molecular weight is 359 g/mol. The molecular formula is C22H21N3O2. The van der Waals surface area contributed by atoms with Crippen LogP contribution >= 0.6 is 0 Å². The van der Waals surface area contributed by atoms with Crippen molar-refractivity contribution in [3.05, 3.63) is 72.1 Å². The third-order valence-electron chi connectivity index (χ3n) is 4.84. The van der Waals surface area contributed by atoms with Crippen LogP contribution in [-0.4, -0.2) is 22.6 Å². The number of rotatable bonds is 5. The van der Waals surface area contributed by atoms with Gasteiger partial charge in [0.1, 0.15) is 5.75 Å². The highest BCUT2D eigenvalue weighted by molar-refractivity contribution is 6.09. The molecule has 0 aliphatic carbocycles. The molecule has 0 atom stereocenters. The molecule has 0 aliphatic rings. The molecule has 0 saturated carbocycles. The van der Waals surface area contributed by atoms with Gasteiger partial charge < -0.3 is 14.6 Å². The fourth-order valence-electron chi connectivity index (χ4n) is 3.49. The van der Waals surface area contributed by atoms with E-state index in [1.807, 2.05) is 54.7 Å². The Morgan fingerprint density at radius 1 is 1.11 bits per heavy atom. The molecule has 0 bridgehead atoms. The first kappa shape index (κ1) is 17.1. The second-order valence-corrected chi connectivity index (χ2v) is 6.40. The Balaban J connectivity index is 1.63. The van der Waals surface area contributed by atoms with Crippen LogP contribution in [0.25, 0.3) is 21.8 Å². The number of pyridine rings is 1. The third kappa shape index (κ3) is 3.12. The zero-order chi connectivity index (χ0) is 18.8. The molecule has 4 rings (SSSR count). The van der Waals surface area contributed by atoms with E-state index in [1.165, 1.54) is 0 Å². The Kier molecular flexibility index (Phi) is 4.50. The fourth-order valence-corrected chi connectivity index (χ4v) is 3.49. The minimum Gasteiger partial charge on any atom is -0.497 e. The molecule has 2 heterocycles. The van der Waals surface area contributed by atoms with Crippen LogP contribution in [0.1, 0.15) is 22.8 Å². The van der Waals surface area contributed by atoms with Crippen molar-refractivity contribution in [2.24, 2.45) is 0 Å². The molecule has 1 N–H and O–H groups in total. The van der Waals surface area contributed by atoms with Gasteiger partial charge in [0.05, 0.1) is 18.8 Å². The molecule has 27 heavy (non-hydrogen) atoms. The van der Waals surface area contributed by atoms with Crippen LogP contribution in [0.2, 0.25) is 0 Å². The molecule has 136 valence electrons. The van der Waals surface area contributed by atoms with Crippen molar-refractivity contribution in [1.82, 2.24) is 14.9 Å². The highest BCUT2D eigenvalue weighted by atomic mass is 16.5. The van der Waals surface area contributed by atoms with Crippen LogP contribution in [-0.2, 0) is 13.1 Å². The monoisotopic (exact) mass is 359 g/mol. The lowest BCUT2D eigenvalue weighted by molar-refractivity contribution is 0.0951. The van der Waals surface area contributed by atoms with Gasteiger partial charge in [-0.05, 0) is 42.8 Å². The van der Waals surface area contributed by atoms with E-state index in [9.17, 15) is 4.79 Å². The third-order valence-corrected chi connectivity index (χ3v) is 4.84. The van der Waals surface area contributed by atoms with E-state index < -0.39 is 0 Å². The molecule has 0 unspecified atom stereocenters. The number of carbonyl (C=O) groups is 1. The molecule has 0 saturated heterocycles. The molecule has 5 heteroatoms. The summed E-state index contributed by atoms with van der Waals surface area (Å²) >= 11 is 0. The summed E-state index contributed by atoms with van der Waals surface area (Å²) in [5, 5.41) is 5.28. The number of amides is 1. The molecule has 2 aromatic carbocycles. The van der Waals surface area contributed by atoms with E-state index in [1.54, 1.807) is 13.3 Å². The van der Waals surface area contributed by atoms with E-state index in [0.717, 1.165) is 39.7 Å². The molecule has 5 nitrogen and oxygen atoms in total. The average Bonchev–Trinajstić information content (AvgIpc) is 3.05. The van der Waals surface area contributed by atoms with Crippen molar-refractivity contribution in [3.63, 3.8) is 0 Å². The summed E-state index contributed by atoms with van der Waals surface area (Å²) in [5.74, 6) is 0.690. The van der Waals surface area contributed by atoms with E-state index in [4.69, 9.17) is 4.74 Å². The van der Waals surface area contributed by atoms with Gasteiger partial charge in [0.25, 0.3) is 5.91 Å². The molecule has 0 aliphatic heterocycles. The van der Waals surface area contributed by atoms with E-state index in [0.29, 0.717) is 12.1 Å². The lowest BCUT2D eigenvalue weighted by atomic mass is 10.1. The number of methoxy groups -OCH3 is 1. The van der Waals surface area contributed by atoms with Crippen LogP contribution in [0.4, 0.5) is 0 Å². The quantitative estimate of drug-likeness (QED) is 0.582. The summed E-state index contributed by atoms with van der Waals surface area (Å²) in [7, 11) is 1.63. The van der Waals surface area contributed by atoms with Gasteiger partial charge in [-0.3, -0.25) is 9.78 Å². The summed E-state index contributed by atoms with van der Waals surface area (Å²) in [6.45, 7) is 3.37. The maximum atomic E-state index is 12.7. The Hall–Kier alpha value is -3.34. The van der Waals surface area contributed by atoms with Gasteiger partial charge in [-0.1, -0.05) is 18.2 Å². The van der Waals surface area contributed by atoms with Crippen LogP contribution in [0.15, 0.2) is 60.9 Å². The first-order valence-electron chi connectivity index (χ1n) is 8.98. The van der Waals surface area contributed by atoms with E-state index >= 15 is 0 Å². The summed E-state index contributed by atoms with van der Waals surface area (Å²) in [4.78, 5) is 16.9. The standard InChI is InChI=1S/C22H21N3O2/c1-3-25-20-12-16(7-8-18(20)19-9-10-23-14-21(19)25)22(26)24-13-15-5-4-6-17(11-15)27-2/h4-12,14H,3,13H2,1-2H3,(H,24,26). The van der Waals surface area contributed by atoms with Crippen molar-refractivity contribution in [2.45, 2.75) is 20.0 Å². The van der Waals surface area contributed by atoms with Crippen molar-refractivity contribution in [1.29, 1.82) is 0 Å². The Bertz CT molecular complexity index is 1130. The Labute approximate surface area is 157 Å². The minimum atomic E-state index is -0.0919.